The largest absolute Gasteiger partial charge is 0.489 e. The number of nitrogens with one attached hydrogen (secondary N) is 1. The number of ether oxygens (including phenoxy) is 1. The summed E-state index contributed by atoms with van der Waals surface area (Å²) in [6, 6.07) is 16.1. The number of anilines is 1. The monoisotopic (exact) mass is 317 g/mol. The van der Waals surface area contributed by atoms with Crippen LogP contribution < -0.4 is 10.1 Å². The summed E-state index contributed by atoms with van der Waals surface area (Å²) in [5, 5.41) is 3.39. The van der Waals surface area contributed by atoms with E-state index in [0.717, 1.165) is 28.0 Å². The lowest BCUT2D eigenvalue weighted by atomic mass is 10.2. The van der Waals surface area contributed by atoms with E-state index in [1.807, 2.05) is 42.5 Å². The van der Waals surface area contributed by atoms with Crippen LogP contribution in [0.2, 0.25) is 0 Å². The summed E-state index contributed by atoms with van der Waals surface area (Å²) >= 11 is 3.52. The summed E-state index contributed by atoms with van der Waals surface area (Å²) in [6.45, 7) is 4.90. The van der Waals surface area contributed by atoms with Crippen LogP contribution in [0.25, 0.3) is 0 Å². The van der Waals surface area contributed by atoms with E-state index in [0.29, 0.717) is 6.61 Å². The average Bonchev–Trinajstić information content (AvgIpc) is 2.45. The van der Waals surface area contributed by atoms with Crippen LogP contribution in [0.1, 0.15) is 5.56 Å². The molecule has 0 saturated carbocycles. The van der Waals surface area contributed by atoms with Crippen molar-refractivity contribution >= 4 is 21.6 Å². The quantitative estimate of drug-likeness (QED) is 0.784. The molecule has 1 N–H and O–H groups in total. The summed E-state index contributed by atoms with van der Waals surface area (Å²) in [6.07, 6.45) is 1.75. The molecule has 0 saturated heterocycles. The van der Waals surface area contributed by atoms with Crippen LogP contribution in [-0.4, -0.2) is 6.61 Å². The van der Waals surface area contributed by atoms with Gasteiger partial charge in [0, 0.05) is 22.3 Å². The molecule has 0 aliphatic heterocycles. The van der Waals surface area contributed by atoms with Crippen molar-refractivity contribution in [2.24, 2.45) is 0 Å². The molecule has 2 nitrogen and oxygen atoms in total. The fraction of sp³-hybridized carbons (Fsp3) is 0.125. The van der Waals surface area contributed by atoms with Crippen molar-refractivity contribution in [2.45, 2.75) is 6.54 Å². The highest BCUT2D eigenvalue weighted by Crippen LogP contribution is 2.24. The minimum Gasteiger partial charge on any atom is -0.489 e. The molecular weight excluding hydrogens is 302 g/mol. The Balaban J connectivity index is 2.07. The van der Waals surface area contributed by atoms with Gasteiger partial charge in [-0.15, -0.1) is 0 Å². The number of halogens is 1. The van der Waals surface area contributed by atoms with Gasteiger partial charge in [0.15, 0.2) is 0 Å². The molecule has 2 rings (SSSR count). The van der Waals surface area contributed by atoms with Crippen LogP contribution in [0.3, 0.4) is 0 Å². The number of para-hydroxylation sites is 2. The molecule has 2 aromatic rings. The van der Waals surface area contributed by atoms with Gasteiger partial charge in [-0.2, -0.15) is 0 Å². The number of hydrogen-bond donors (Lipinski definition) is 1. The molecule has 0 amide bonds. The zero-order chi connectivity index (χ0) is 13.5. The highest BCUT2D eigenvalue weighted by atomic mass is 79.9. The van der Waals surface area contributed by atoms with Crippen molar-refractivity contribution in [2.75, 3.05) is 11.9 Å². The molecule has 2 aromatic carbocycles. The lowest BCUT2D eigenvalue weighted by Crippen LogP contribution is -2.03. The Bertz CT molecular complexity index is 554. The number of hydrogen-bond acceptors (Lipinski definition) is 2. The Kier molecular flexibility index (Phi) is 5.04. The van der Waals surface area contributed by atoms with E-state index < -0.39 is 0 Å². The van der Waals surface area contributed by atoms with Crippen LogP contribution in [-0.2, 0) is 6.54 Å². The SMILES string of the molecule is C=CCOc1ccccc1CNc1ccccc1Br. The lowest BCUT2D eigenvalue weighted by molar-refractivity contribution is 0.359. The lowest BCUT2D eigenvalue weighted by Gasteiger charge is -2.12. The Labute approximate surface area is 122 Å². The van der Waals surface area contributed by atoms with Gasteiger partial charge >= 0.3 is 0 Å². The summed E-state index contributed by atoms with van der Waals surface area (Å²) in [5.41, 5.74) is 2.20. The maximum Gasteiger partial charge on any atom is 0.124 e. The summed E-state index contributed by atoms with van der Waals surface area (Å²) in [7, 11) is 0. The molecule has 0 aliphatic rings. The van der Waals surface area contributed by atoms with Crippen LogP contribution in [0.5, 0.6) is 5.75 Å². The zero-order valence-electron chi connectivity index (χ0n) is 10.6. The van der Waals surface area contributed by atoms with Crippen molar-refractivity contribution in [3.63, 3.8) is 0 Å². The first-order chi connectivity index (χ1) is 9.31. The van der Waals surface area contributed by atoms with Gasteiger partial charge in [0.2, 0.25) is 0 Å². The molecule has 0 unspecified atom stereocenters. The number of rotatable bonds is 6. The number of benzene rings is 2. The molecule has 0 aromatic heterocycles. The third-order valence-electron chi connectivity index (χ3n) is 2.67. The first-order valence-corrected chi connectivity index (χ1v) is 6.90. The predicted octanol–water partition coefficient (Wildman–Crippen LogP) is 4.63. The average molecular weight is 318 g/mol. The van der Waals surface area contributed by atoms with E-state index >= 15 is 0 Å². The molecule has 0 radical (unpaired) electrons. The molecular formula is C16H16BrNO. The Hall–Kier alpha value is -1.74. The van der Waals surface area contributed by atoms with E-state index in [9.17, 15) is 0 Å². The third-order valence-corrected chi connectivity index (χ3v) is 3.36. The topological polar surface area (TPSA) is 21.3 Å². The van der Waals surface area contributed by atoms with Crippen molar-refractivity contribution in [3.8, 4) is 5.75 Å². The zero-order valence-corrected chi connectivity index (χ0v) is 12.2. The smallest absolute Gasteiger partial charge is 0.124 e. The van der Waals surface area contributed by atoms with E-state index in [4.69, 9.17) is 4.74 Å². The molecule has 0 spiro atoms. The highest BCUT2D eigenvalue weighted by molar-refractivity contribution is 9.10. The second-order valence-electron chi connectivity index (χ2n) is 4.04. The minimum atomic E-state index is 0.520. The van der Waals surface area contributed by atoms with E-state index in [2.05, 4.69) is 33.9 Å². The fourth-order valence-corrected chi connectivity index (χ4v) is 2.16. The standard InChI is InChI=1S/C16H16BrNO/c1-2-11-19-16-10-6-3-7-13(16)12-18-15-9-5-4-8-14(15)17/h2-10,18H,1,11-12H2. The fourth-order valence-electron chi connectivity index (χ4n) is 1.73. The molecule has 0 fully saturated rings. The van der Waals surface area contributed by atoms with Crippen molar-refractivity contribution in [1.82, 2.24) is 0 Å². The van der Waals surface area contributed by atoms with Gasteiger partial charge in [0.25, 0.3) is 0 Å². The van der Waals surface area contributed by atoms with Gasteiger partial charge in [-0.3, -0.25) is 0 Å². The maximum absolute atomic E-state index is 5.64. The van der Waals surface area contributed by atoms with Gasteiger partial charge < -0.3 is 10.1 Å². The van der Waals surface area contributed by atoms with Crippen LogP contribution in [0.4, 0.5) is 5.69 Å². The third kappa shape index (κ3) is 3.86. The van der Waals surface area contributed by atoms with Gasteiger partial charge in [-0.05, 0) is 34.1 Å². The highest BCUT2D eigenvalue weighted by Gasteiger charge is 2.03. The maximum atomic E-state index is 5.64. The van der Waals surface area contributed by atoms with Crippen molar-refractivity contribution < 1.29 is 4.74 Å². The molecule has 0 heterocycles. The van der Waals surface area contributed by atoms with Gasteiger partial charge in [0.1, 0.15) is 12.4 Å². The van der Waals surface area contributed by atoms with Crippen molar-refractivity contribution in [1.29, 1.82) is 0 Å². The Morgan fingerprint density at radius 1 is 1.11 bits per heavy atom. The second-order valence-corrected chi connectivity index (χ2v) is 4.90. The van der Waals surface area contributed by atoms with Crippen LogP contribution in [0.15, 0.2) is 65.7 Å². The second kappa shape index (κ2) is 7.00. The summed E-state index contributed by atoms with van der Waals surface area (Å²) in [5.74, 6) is 0.891. The Morgan fingerprint density at radius 2 is 1.84 bits per heavy atom. The molecule has 0 aliphatic carbocycles. The molecule has 0 bridgehead atoms. The minimum absolute atomic E-state index is 0.520. The Morgan fingerprint density at radius 3 is 2.63 bits per heavy atom. The summed E-state index contributed by atoms with van der Waals surface area (Å²) in [4.78, 5) is 0. The molecule has 98 valence electrons. The molecule has 19 heavy (non-hydrogen) atoms. The van der Waals surface area contributed by atoms with E-state index in [1.54, 1.807) is 6.08 Å². The van der Waals surface area contributed by atoms with Gasteiger partial charge in [0.05, 0.1) is 0 Å². The van der Waals surface area contributed by atoms with Crippen LogP contribution >= 0.6 is 15.9 Å². The molecule has 3 heteroatoms. The first kappa shape index (κ1) is 13.7. The van der Waals surface area contributed by atoms with Gasteiger partial charge in [-0.25, -0.2) is 0 Å². The predicted molar refractivity (Wildman–Crippen MR) is 83.6 cm³/mol. The van der Waals surface area contributed by atoms with Crippen molar-refractivity contribution in [3.05, 3.63) is 71.2 Å². The van der Waals surface area contributed by atoms with Gasteiger partial charge in [-0.1, -0.05) is 43.0 Å². The normalized spacial score (nSPS) is 9.95. The first-order valence-electron chi connectivity index (χ1n) is 6.11. The van der Waals surface area contributed by atoms with E-state index in [-0.39, 0.29) is 0 Å². The van der Waals surface area contributed by atoms with E-state index in [1.165, 1.54) is 0 Å². The van der Waals surface area contributed by atoms with Crippen LogP contribution in [0, 0.1) is 0 Å². The summed E-state index contributed by atoms with van der Waals surface area (Å²) < 4.78 is 6.69. The molecule has 0 atom stereocenters.